The van der Waals surface area contributed by atoms with Crippen LogP contribution in [0.5, 0.6) is 0 Å². The van der Waals surface area contributed by atoms with E-state index in [9.17, 15) is 18.3 Å². The van der Waals surface area contributed by atoms with Gasteiger partial charge in [0.15, 0.2) is 0 Å². The number of carboxylic acid groups (broad SMARTS) is 1. The summed E-state index contributed by atoms with van der Waals surface area (Å²) in [4.78, 5) is 12.3. The van der Waals surface area contributed by atoms with Crippen LogP contribution in [0, 0.1) is 19.8 Å². The summed E-state index contributed by atoms with van der Waals surface area (Å²) in [6.45, 7) is 5.43. The van der Waals surface area contributed by atoms with Crippen LogP contribution in [0.15, 0.2) is 65.6 Å². The molecule has 2 unspecified atom stereocenters. The number of nitrogens with zero attached hydrogens (tertiary/aromatic N) is 3. The number of aliphatic carboxylic acids is 1. The number of carbonyl (C=O) groups is 1. The van der Waals surface area contributed by atoms with E-state index in [1.165, 1.54) is 0 Å². The quantitative estimate of drug-likeness (QED) is 0.385. The highest BCUT2D eigenvalue weighted by Gasteiger charge is 2.28. The molecule has 3 aromatic carbocycles. The normalized spacial score (nSPS) is 13.6. The van der Waals surface area contributed by atoms with Crippen molar-refractivity contribution in [1.29, 1.82) is 0 Å². The van der Waals surface area contributed by atoms with E-state index in [1.54, 1.807) is 49.8 Å². The molecule has 4 rings (SSSR count). The van der Waals surface area contributed by atoms with Gasteiger partial charge in [-0.25, -0.2) is 17.8 Å². The zero-order valence-electron chi connectivity index (χ0n) is 20.1. The van der Waals surface area contributed by atoms with Crippen LogP contribution < -0.4 is 4.72 Å². The van der Waals surface area contributed by atoms with Gasteiger partial charge in [-0.3, -0.25) is 4.79 Å². The monoisotopic (exact) mass is 492 g/mol. The molecule has 0 aliphatic heterocycles. The van der Waals surface area contributed by atoms with E-state index in [0.717, 1.165) is 27.8 Å². The van der Waals surface area contributed by atoms with E-state index in [1.807, 2.05) is 43.3 Å². The third kappa shape index (κ3) is 4.96. The van der Waals surface area contributed by atoms with Crippen molar-refractivity contribution in [1.82, 2.24) is 19.7 Å². The summed E-state index contributed by atoms with van der Waals surface area (Å²) in [5.74, 6) is -2.09. The fourth-order valence-electron chi connectivity index (χ4n) is 4.35. The Hall–Kier alpha value is -3.56. The molecule has 0 amide bonds. The fourth-order valence-corrected chi connectivity index (χ4v) is 5.60. The van der Waals surface area contributed by atoms with Gasteiger partial charge in [-0.15, -0.1) is 5.10 Å². The predicted molar refractivity (Wildman–Crippen MR) is 134 cm³/mol. The van der Waals surface area contributed by atoms with Gasteiger partial charge in [-0.2, -0.15) is 0 Å². The summed E-state index contributed by atoms with van der Waals surface area (Å²) in [6, 6.07) is 18.2. The van der Waals surface area contributed by atoms with Crippen molar-refractivity contribution >= 4 is 27.0 Å². The van der Waals surface area contributed by atoms with Crippen molar-refractivity contribution in [2.75, 3.05) is 0 Å². The first-order chi connectivity index (χ1) is 16.6. The molecule has 182 valence electrons. The number of aromatic nitrogens is 3. The molecule has 0 saturated carbocycles. The van der Waals surface area contributed by atoms with E-state index >= 15 is 0 Å². The zero-order chi connectivity index (χ0) is 25.3. The maximum atomic E-state index is 12.9. The molecule has 2 atom stereocenters. The van der Waals surface area contributed by atoms with Crippen LogP contribution in [0.4, 0.5) is 0 Å². The number of benzene rings is 3. The summed E-state index contributed by atoms with van der Waals surface area (Å²) in [6.07, 6.45) is 0. The van der Waals surface area contributed by atoms with Crippen LogP contribution in [0.25, 0.3) is 11.0 Å². The first-order valence-corrected chi connectivity index (χ1v) is 12.7. The zero-order valence-corrected chi connectivity index (χ0v) is 20.9. The van der Waals surface area contributed by atoms with Crippen LogP contribution in [0.2, 0.25) is 0 Å². The van der Waals surface area contributed by atoms with Gasteiger partial charge < -0.3 is 5.11 Å². The lowest BCUT2D eigenvalue weighted by Crippen LogP contribution is -2.25. The summed E-state index contributed by atoms with van der Waals surface area (Å²) < 4.78 is 30.2. The largest absolute Gasteiger partial charge is 0.481 e. The molecule has 0 fully saturated rings. The Morgan fingerprint density at radius 2 is 1.71 bits per heavy atom. The molecule has 4 aromatic rings. The standard InChI is InChI=1S/C26H28N4O4S/c1-16-9-10-19(13-21(16)15-27-35(33,34)24-8-6-5-7-17(24)2)25(18(3)26(31)32)20-11-12-23-22(14-20)28-29-30(23)4/h5-14,18,25,27H,15H2,1-4H3,(H,31,32). The highest BCUT2D eigenvalue weighted by atomic mass is 32.2. The number of carboxylic acids is 1. The first kappa shape index (κ1) is 24.6. The third-order valence-corrected chi connectivity index (χ3v) is 8.01. The minimum atomic E-state index is -3.70. The summed E-state index contributed by atoms with van der Waals surface area (Å²) in [5, 5.41) is 18.1. The highest BCUT2D eigenvalue weighted by molar-refractivity contribution is 7.89. The van der Waals surface area contributed by atoms with Crippen LogP contribution >= 0.6 is 0 Å². The second-order valence-electron chi connectivity index (χ2n) is 8.84. The van der Waals surface area contributed by atoms with Crippen molar-refractivity contribution in [3.8, 4) is 0 Å². The number of aryl methyl sites for hydroxylation is 3. The summed E-state index contributed by atoms with van der Waals surface area (Å²) in [7, 11) is -1.90. The van der Waals surface area contributed by atoms with E-state index in [4.69, 9.17) is 0 Å². The lowest BCUT2D eigenvalue weighted by atomic mass is 9.80. The van der Waals surface area contributed by atoms with Crippen molar-refractivity contribution in [3.63, 3.8) is 0 Å². The van der Waals surface area contributed by atoms with E-state index in [0.29, 0.717) is 11.1 Å². The molecular weight excluding hydrogens is 464 g/mol. The Morgan fingerprint density at radius 3 is 2.43 bits per heavy atom. The van der Waals surface area contributed by atoms with E-state index in [-0.39, 0.29) is 11.4 Å². The number of sulfonamides is 1. The van der Waals surface area contributed by atoms with Crippen LogP contribution in [-0.2, 0) is 28.4 Å². The van der Waals surface area contributed by atoms with Gasteiger partial charge in [-0.05, 0) is 59.9 Å². The molecule has 0 aliphatic rings. The number of fused-ring (bicyclic) bond motifs is 1. The van der Waals surface area contributed by atoms with Gasteiger partial charge in [0.05, 0.1) is 16.3 Å². The molecule has 1 aromatic heterocycles. The molecule has 2 N–H and O–H groups in total. The first-order valence-electron chi connectivity index (χ1n) is 11.3. The maximum absolute atomic E-state index is 12.9. The third-order valence-electron chi connectivity index (χ3n) is 6.45. The number of hydrogen-bond acceptors (Lipinski definition) is 5. The Kier molecular flexibility index (Phi) is 6.73. The second-order valence-corrected chi connectivity index (χ2v) is 10.6. The molecule has 35 heavy (non-hydrogen) atoms. The highest BCUT2D eigenvalue weighted by Crippen LogP contribution is 2.34. The molecular formula is C26H28N4O4S. The van der Waals surface area contributed by atoms with Crippen LogP contribution in [0.1, 0.15) is 40.7 Å². The predicted octanol–water partition coefficient (Wildman–Crippen LogP) is 3.92. The molecule has 0 radical (unpaired) electrons. The number of rotatable bonds is 8. The van der Waals surface area contributed by atoms with Gasteiger partial charge in [-0.1, -0.05) is 54.6 Å². The van der Waals surface area contributed by atoms with E-state index in [2.05, 4.69) is 15.0 Å². The van der Waals surface area contributed by atoms with Crippen LogP contribution in [-0.4, -0.2) is 34.5 Å². The Morgan fingerprint density at radius 1 is 1.03 bits per heavy atom. The van der Waals surface area contributed by atoms with Gasteiger partial charge in [0.2, 0.25) is 10.0 Å². The maximum Gasteiger partial charge on any atom is 0.307 e. The van der Waals surface area contributed by atoms with Crippen molar-refractivity contribution < 1.29 is 18.3 Å². The van der Waals surface area contributed by atoms with Crippen molar-refractivity contribution in [2.24, 2.45) is 13.0 Å². The van der Waals surface area contributed by atoms with Gasteiger partial charge in [0.1, 0.15) is 5.52 Å². The van der Waals surface area contributed by atoms with Gasteiger partial charge in [0.25, 0.3) is 0 Å². The van der Waals surface area contributed by atoms with Gasteiger partial charge in [0, 0.05) is 19.5 Å². The molecule has 0 aliphatic carbocycles. The molecule has 0 bridgehead atoms. The second kappa shape index (κ2) is 9.59. The van der Waals surface area contributed by atoms with Crippen molar-refractivity contribution in [2.45, 2.75) is 38.1 Å². The molecule has 0 spiro atoms. The Bertz CT molecular complexity index is 1510. The average molecular weight is 493 g/mol. The van der Waals surface area contributed by atoms with Crippen LogP contribution in [0.3, 0.4) is 0 Å². The summed E-state index contributed by atoms with van der Waals surface area (Å²) >= 11 is 0. The minimum Gasteiger partial charge on any atom is -0.481 e. The van der Waals surface area contributed by atoms with E-state index < -0.39 is 27.8 Å². The minimum absolute atomic E-state index is 0.0910. The SMILES string of the molecule is Cc1ccc(C(c2ccc3c(c2)nnn3C)C(C)C(=O)O)cc1CNS(=O)(=O)c1ccccc1C. The molecule has 0 saturated heterocycles. The lowest BCUT2D eigenvalue weighted by Gasteiger charge is -2.23. The van der Waals surface area contributed by atoms with Crippen molar-refractivity contribution in [3.05, 3.63) is 88.5 Å². The fraction of sp³-hybridized carbons (Fsp3) is 0.269. The number of hydrogen-bond donors (Lipinski definition) is 2. The Labute approximate surface area is 204 Å². The molecule has 8 nitrogen and oxygen atoms in total. The molecule has 1 heterocycles. The Balaban J connectivity index is 1.70. The average Bonchev–Trinajstić information content (AvgIpc) is 3.19. The lowest BCUT2D eigenvalue weighted by molar-refractivity contribution is -0.141. The number of nitrogens with one attached hydrogen (secondary N) is 1. The topological polar surface area (TPSA) is 114 Å². The molecule has 9 heteroatoms. The van der Waals surface area contributed by atoms with Gasteiger partial charge >= 0.3 is 5.97 Å². The smallest absolute Gasteiger partial charge is 0.307 e. The summed E-state index contributed by atoms with van der Waals surface area (Å²) in [5.41, 5.74) is 5.49.